The number of ether oxygens (including phenoxy) is 3. The van der Waals surface area contributed by atoms with Crippen molar-refractivity contribution < 1.29 is 37.4 Å². The van der Waals surface area contributed by atoms with E-state index >= 15 is 8.78 Å². The van der Waals surface area contributed by atoms with E-state index in [2.05, 4.69) is 15.3 Å². The van der Waals surface area contributed by atoms with Gasteiger partial charge in [-0.25, -0.2) is 14.8 Å². The summed E-state index contributed by atoms with van der Waals surface area (Å²) in [5.74, 6) is -4.61. The Labute approximate surface area is 255 Å². The number of nitrogens with zero attached hydrogens (tertiary/aromatic N) is 3. The van der Waals surface area contributed by atoms with Crippen molar-refractivity contribution in [2.45, 2.75) is 90.5 Å². The number of halogens is 2. The zero-order valence-corrected chi connectivity index (χ0v) is 25.9. The highest BCUT2D eigenvalue weighted by Crippen LogP contribution is 2.41. The quantitative estimate of drug-likeness (QED) is 0.470. The van der Waals surface area contributed by atoms with Gasteiger partial charge in [-0.1, -0.05) is 39.8 Å². The lowest BCUT2D eigenvalue weighted by molar-refractivity contribution is -0.141. The molecular weight excluding hydrogens is 574 g/mol. The van der Waals surface area contributed by atoms with E-state index in [1.165, 1.54) is 25.0 Å². The third-order valence-electron chi connectivity index (χ3n) is 8.69. The van der Waals surface area contributed by atoms with Crippen molar-refractivity contribution in [3.8, 4) is 11.6 Å². The number of benzene rings is 1. The molecule has 0 unspecified atom stereocenters. The Morgan fingerprint density at radius 3 is 2.55 bits per heavy atom. The van der Waals surface area contributed by atoms with Crippen LogP contribution >= 0.6 is 0 Å². The predicted molar refractivity (Wildman–Crippen MR) is 157 cm³/mol. The molecule has 2 aliphatic heterocycles. The van der Waals surface area contributed by atoms with Gasteiger partial charge in [0.05, 0.1) is 30.7 Å². The van der Waals surface area contributed by atoms with Crippen LogP contribution in [0.25, 0.3) is 11.0 Å². The van der Waals surface area contributed by atoms with Crippen LogP contribution in [0.4, 0.5) is 13.6 Å². The molecule has 2 fully saturated rings. The first-order chi connectivity index (χ1) is 20.7. The Bertz CT molecular complexity index is 1470. The van der Waals surface area contributed by atoms with Crippen molar-refractivity contribution in [1.82, 2.24) is 20.2 Å². The van der Waals surface area contributed by atoms with E-state index in [0.29, 0.717) is 30.5 Å². The lowest BCUT2D eigenvalue weighted by Gasteiger charge is -2.35. The number of nitrogens with one attached hydrogen (secondary N) is 1. The van der Waals surface area contributed by atoms with Crippen LogP contribution in [0.15, 0.2) is 30.4 Å². The number of amides is 2. The van der Waals surface area contributed by atoms with E-state index in [4.69, 9.17) is 14.2 Å². The van der Waals surface area contributed by atoms with Crippen molar-refractivity contribution in [1.29, 1.82) is 0 Å². The Hall–Kier alpha value is -3.83. The highest BCUT2D eigenvalue weighted by Gasteiger charge is 2.51. The van der Waals surface area contributed by atoms with E-state index < -0.39 is 59.6 Å². The molecule has 1 aliphatic carbocycles. The van der Waals surface area contributed by atoms with Crippen LogP contribution in [0.5, 0.6) is 11.6 Å². The van der Waals surface area contributed by atoms with E-state index in [1.54, 1.807) is 24.3 Å². The molecule has 0 spiro atoms. The largest absolute Gasteiger partial charge is 0.497 e. The number of hydrogen-bond donors (Lipinski definition) is 1. The topological polar surface area (TPSA) is 120 Å². The van der Waals surface area contributed by atoms with Gasteiger partial charge >= 0.3 is 6.09 Å². The van der Waals surface area contributed by atoms with Gasteiger partial charge in [0.2, 0.25) is 11.8 Å². The zero-order valence-electron chi connectivity index (χ0n) is 25.9. The highest BCUT2D eigenvalue weighted by molar-refractivity contribution is 5.92. The summed E-state index contributed by atoms with van der Waals surface area (Å²) in [6, 6.07) is 2.85. The van der Waals surface area contributed by atoms with Crippen molar-refractivity contribution in [2.75, 3.05) is 13.7 Å². The molecule has 1 aromatic carbocycles. The minimum atomic E-state index is -3.44. The smallest absolute Gasteiger partial charge is 0.408 e. The fourth-order valence-electron chi connectivity index (χ4n) is 6.16. The number of hydrogen-bond acceptors (Lipinski definition) is 8. The lowest BCUT2D eigenvalue weighted by Crippen LogP contribution is -2.57. The maximum absolute atomic E-state index is 15.9. The fraction of sp³-hybridized carbons (Fsp3) is 0.594. The molecule has 2 bridgehead atoms. The first kappa shape index (κ1) is 31.6. The monoisotopic (exact) mass is 614 g/mol. The van der Waals surface area contributed by atoms with Crippen LogP contribution in [-0.4, -0.2) is 70.6 Å². The summed E-state index contributed by atoms with van der Waals surface area (Å²) >= 11 is 0. The number of carbonyl (C=O) groups excluding carboxylic acids is 3. The van der Waals surface area contributed by atoms with Crippen molar-refractivity contribution in [2.24, 2.45) is 17.3 Å². The van der Waals surface area contributed by atoms with Crippen LogP contribution in [0.1, 0.15) is 66.0 Å². The highest BCUT2D eigenvalue weighted by atomic mass is 19.3. The molecule has 1 N–H and O–H groups in total. The number of ketones is 1. The maximum atomic E-state index is 15.9. The molecule has 44 heavy (non-hydrogen) atoms. The number of aromatic nitrogens is 2. The molecule has 3 aliphatic rings. The Morgan fingerprint density at radius 2 is 1.89 bits per heavy atom. The van der Waals surface area contributed by atoms with Crippen LogP contribution in [0.2, 0.25) is 0 Å². The second-order valence-corrected chi connectivity index (χ2v) is 13.0. The number of alkyl carbamates (subject to hydrolysis) is 1. The molecule has 3 heterocycles. The van der Waals surface area contributed by atoms with E-state index in [9.17, 15) is 14.4 Å². The predicted octanol–water partition coefficient (Wildman–Crippen LogP) is 5.18. The molecule has 1 saturated heterocycles. The van der Waals surface area contributed by atoms with Gasteiger partial charge < -0.3 is 24.4 Å². The van der Waals surface area contributed by atoms with Crippen molar-refractivity contribution in [3.63, 3.8) is 0 Å². The number of carbonyl (C=O) groups is 3. The first-order valence-electron chi connectivity index (χ1n) is 15.1. The molecule has 1 aromatic heterocycles. The summed E-state index contributed by atoms with van der Waals surface area (Å²) in [5, 5.41) is 2.74. The van der Waals surface area contributed by atoms with Gasteiger partial charge in [-0.3, -0.25) is 9.59 Å². The molecule has 6 atom stereocenters. The van der Waals surface area contributed by atoms with Gasteiger partial charge in [0, 0.05) is 24.3 Å². The molecule has 0 radical (unpaired) electrons. The van der Waals surface area contributed by atoms with Gasteiger partial charge in [-0.05, 0) is 43.7 Å². The number of alkyl halides is 2. The minimum Gasteiger partial charge on any atom is -0.497 e. The Balaban J connectivity index is 1.61. The molecule has 2 amide bonds. The van der Waals surface area contributed by atoms with E-state index in [-0.39, 0.29) is 35.7 Å². The average molecular weight is 615 g/mol. The van der Waals surface area contributed by atoms with Gasteiger partial charge in [0.1, 0.15) is 24.0 Å². The Kier molecular flexibility index (Phi) is 8.56. The zero-order chi connectivity index (χ0) is 32.0. The second-order valence-electron chi connectivity index (χ2n) is 13.0. The number of allylic oxidation sites excluding steroid dienone is 2. The third-order valence-corrected chi connectivity index (χ3v) is 8.69. The van der Waals surface area contributed by atoms with Crippen LogP contribution in [0, 0.1) is 17.3 Å². The van der Waals surface area contributed by atoms with E-state index in [0.717, 1.165) is 0 Å². The molecule has 238 valence electrons. The standard InChI is InChI=1S/C32H40F2N4O6/c1-7-20-24-16-38(25(20)17(2)39)29(40)27(31(3,4)5)37-30(41)44-23-14-18(23)10-8-9-13-32(33,34)26-28(43-24)36-22-15-19(42-6)11-12-21(22)35-26/h8-9,11-12,15,18,20,23-25,27H,7,10,13-14,16H2,1-6H3,(H,37,41)/t18-,20-,23-,24+,25-,27-/m1/s1. The summed E-state index contributed by atoms with van der Waals surface area (Å²) in [4.78, 5) is 50.3. The second kappa shape index (κ2) is 11.9. The SMILES string of the molecule is CC[C@@H]1[C@@H]2CN(C(=O)[C@H](C(C)(C)C)NC(=O)O[C@@H]3C[C@H]3CC=CCC(F)(F)c3nc4ccc(OC)cc4nc3O2)[C@@H]1C(C)=O. The minimum absolute atomic E-state index is 0.00521. The van der Waals surface area contributed by atoms with Crippen molar-refractivity contribution >= 4 is 28.8 Å². The number of fused-ring (bicyclic) bond motifs is 5. The number of rotatable bonds is 3. The molecule has 10 nitrogen and oxygen atoms in total. The Morgan fingerprint density at radius 1 is 1.14 bits per heavy atom. The average Bonchev–Trinajstić information content (AvgIpc) is 3.58. The lowest BCUT2D eigenvalue weighted by atomic mass is 9.85. The van der Waals surface area contributed by atoms with Crippen LogP contribution in [-0.2, 0) is 20.2 Å². The van der Waals surface area contributed by atoms with Crippen molar-refractivity contribution in [3.05, 3.63) is 36.0 Å². The maximum Gasteiger partial charge on any atom is 0.408 e. The number of Topliss-reactive ketones (excluding diaryl/α,β-unsaturated/α-hetero) is 1. The molecule has 1 saturated carbocycles. The molecule has 5 rings (SSSR count). The van der Waals surface area contributed by atoms with Crippen LogP contribution in [0.3, 0.4) is 0 Å². The molecular formula is C32H40F2N4O6. The summed E-state index contributed by atoms with van der Waals surface area (Å²) < 4.78 is 48.9. The summed E-state index contributed by atoms with van der Waals surface area (Å²) in [6.45, 7) is 8.59. The first-order valence-corrected chi connectivity index (χ1v) is 15.1. The summed E-state index contributed by atoms with van der Waals surface area (Å²) in [5.41, 5.74) is -0.804. The van der Waals surface area contributed by atoms with E-state index in [1.807, 2.05) is 27.7 Å². The fourth-order valence-corrected chi connectivity index (χ4v) is 6.16. The third kappa shape index (κ3) is 6.34. The number of methoxy groups -OCH3 is 1. The van der Waals surface area contributed by atoms with Gasteiger partial charge in [0.25, 0.3) is 5.92 Å². The summed E-state index contributed by atoms with van der Waals surface area (Å²) in [6.07, 6.45) is 1.93. The molecule has 2 aromatic rings. The molecule has 12 heteroatoms. The summed E-state index contributed by atoms with van der Waals surface area (Å²) in [7, 11) is 1.49. The normalized spacial score (nSPS) is 29.0. The van der Waals surface area contributed by atoms with Gasteiger partial charge in [0.15, 0.2) is 11.5 Å². The van der Waals surface area contributed by atoms with Crippen LogP contribution < -0.4 is 14.8 Å². The van der Waals surface area contributed by atoms with Gasteiger partial charge in [-0.2, -0.15) is 8.78 Å². The van der Waals surface area contributed by atoms with Gasteiger partial charge in [-0.15, -0.1) is 0 Å².